The Morgan fingerprint density at radius 3 is 2.83 bits per heavy atom. The molecule has 1 aliphatic heterocycles. The molecule has 3 heterocycles. The minimum atomic E-state index is 0.450. The molecule has 1 fully saturated rings. The fourth-order valence-electron chi connectivity index (χ4n) is 2.36. The van der Waals surface area contributed by atoms with Crippen LogP contribution in [-0.2, 0) is 13.6 Å². The first-order valence-corrected chi connectivity index (χ1v) is 6.16. The van der Waals surface area contributed by atoms with Gasteiger partial charge < -0.3 is 4.42 Å². The number of oxazole rings is 1. The molecule has 0 N–H and O–H groups in total. The minimum Gasteiger partial charge on any atom is -0.449 e. The fourth-order valence-corrected chi connectivity index (χ4v) is 2.36. The van der Waals surface area contributed by atoms with Crippen LogP contribution in [0.3, 0.4) is 0 Å². The van der Waals surface area contributed by atoms with Gasteiger partial charge in [0, 0.05) is 5.92 Å². The molecule has 2 aromatic rings. The maximum atomic E-state index is 5.36. The summed E-state index contributed by atoms with van der Waals surface area (Å²) in [6, 6.07) is 0. The predicted octanol–water partition coefficient (Wildman–Crippen LogP) is 0.578. The van der Waals surface area contributed by atoms with Gasteiger partial charge in [0.05, 0.1) is 19.8 Å². The Kier molecular flexibility index (Phi) is 3.06. The molecule has 0 amide bonds. The van der Waals surface area contributed by atoms with Gasteiger partial charge in [0.1, 0.15) is 6.26 Å². The van der Waals surface area contributed by atoms with Crippen LogP contribution >= 0.6 is 0 Å². The lowest BCUT2D eigenvalue weighted by atomic mass is 9.97. The minimum absolute atomic E-state index is 0.450. The maximum Gasteiger partial charge on any atom is 0.197 e. The standard InChI is InChI=1S/C11H16N6O/c1-16-14-10(13-15-16)8-17-5-2-9(3-6-17)11-12-4-7-18-11/h4,7,9H,2-3,5-6,8H2,1H3. The van der Waals surface area contributed by atoms with Crippen LogP contribution in [0.15, 0.2) is 16.9 Å². The van der Waals surface area contributed by atoms with E-state index in [0.717, 1.165) is 44.2 Å². The summed E-state index contributed by atoms with van der Waals surface area (Å²) in [5.41, 5.74) is 0. The van der Waals surface area contributed by atoms with Crippen LogP contribution in [0.4, 0.5) is 0 Å². The van der Waals surface area contributed by atoms with E-state index >= 15 is 0 Å². The highest BCUT2D eigenvalue weighted by molar-refractivity contribution is 4.95. The van der Waals surface area contributed by atoms with Crippen molar-refractivity contribution in [1.82, 2.24) is 30.1 Å². The largest absolute Gasteiger partial charge is 0.449 e. The SMILES string of the molecule is Cn1nnc(CN2CCC(c3ncco3)CC2)n1. The summed E-state index contributed by atoms with van der Waals surface area (Å²) in [4.78, 5) is 8.07. The molecule has 0 aliphatic carbocycles. The first kappa shape index (κ1) is 11.3. The Morgan fingerprint density at radius 2 is 2.22 bits per heavy atom. The molecule has 2 aromatic heterocycles. The summed E-state index contributed by atoms with van der Waals surface area (Å²) in [5, 5.41) is 12.0. The van der Waals surface area contributed by atoms with Crippen LogP contribution in [-0.4, -0.2) is 43.2 Å². The Balaban J connectivity index is 1.54. The number of hydrogen-bond donors (Lipinski definition) is 0. The van der Waals surface area contributed by atoms with Crippen molar-refractivity contribution < 1.29 is 4.42 Å². The summed E-state index contributed by atoms with van der Waals surface area (Å²) >= 11 is 0. The summed E-state index contributed by atoms with van der Waals surface area (Å²) in [7, 11) is 1.78. The molecule has 7 heteroatoms. The number of likely N-dealkylation sites (tertiary alicyclic amines) is 1. The zero-order valence-electron chi connectivity index (χ0n) is 10.4. The molecule has 0 atom stereocenters. The van der Waals surface area contributed by atoms with E-state index in [4.69, 9.17) is 4.42 Å². The second kappa shape index (κ2) is 4.85. The van der Waals surface area contributed by atoms with Gasteiger partial charge in [-0.25, -0.2) is 4.98 Å². The number of aryl methyl sites for hydroxylation is 1. The van der Waals surface area contributed by atoms with E-state index in [1.54, 1.807) is 19.5 Å². The van der Waals surface area contributed by atoms with E-state index in [2.05, 4.69) is 25.3 Å². The molecule has 0 radical (unpaired) electrons. The third-order valence-electron chi connectivity index (χ3n) is 3.30. The first-order chi connectivity index (χ1) is 8.81. The van der Waals surface area contributed by atoms with Gasteiger partial charge in [-0.3, -0.25) is 4.90 Å². The van der Waals surface area contributed by atoms with Gasteiger partial charge in [-0.05, 0) is 31.1 Å². The molecule has 1 aliphatic rings. The molecule has 7 nitrogen and oxygen atoms in total. The quantitative estimate of drug-likeness (QED) is 0.791. The van der Waals surface area contributed by atoms with E-state index in [1.807, 2.05) is 0 Å². The average molecular weight is 248 g/mol. The highest BCUT2D eigenvalue weighted by Crippen LogP contribution is 2.26. The van der Waals surface area contributed by atoms with Crippen molar-refractivity contribution in [1.29, 1.82) is 0 Å². The Bertz CT molecular complexity index is 485. The van der Waals surface area contributed by atoms with Crippen LogP contribution in [0.25, 0.3) is 0 Å². The topological polar surface area (TPSA) is 72.9 Å². The van der Waals surface area contributed by atoms with E-state index < -0.39 is 0 Å². The molecule has 96 valence electrons. The number of tetrazole rings is 1. The van der Waals surface area contributed by atoms with E-state index in [-0.39, 0.29) is 0 Å². The van der Waals surface area contributed by atoms with Crippen molar-refractivity contribution >= 4 is 0 Å². The number of piperidine rings is 1. The van der Waals surface area contributed by atoms with Gasteiger partial charge in [-0.1, -0.05) is 0 Å². The van der Waals surface area contributed by atoms with E-state index in [0.29, 0.717) is 5.92 Å². The van der Waals surface area contributed by atoms with Crippen molar-refractivity contribution in [3.8, 4) is 0 Å². The Hall–Kier alpha value is -1.76. The van der Waals surface area contributed by atoms with Crippen LogP contribution in [0, 0.1) is 0 Å². The van der Waals surface area contributed by atoms with Crippen molar-refractivity contribution in [2.24, 2.45) is 7.05 Å². The predicted molar refractivity (Wildman–Crippen MR) is 62.6 cm³/mol. The van der Waals surface area contributed by atoms with Gasteiger partial charge in [-0.15, -0.1) is 10.2 Å². The van der Waals surface area contributed by atoms with Gasteiger partial charge >= 0.3 is 0 Å². The molecule has 0 spiro atoms. The molecule has 3 rings (SSSR count). The normalized spacial score (nSPS) is 18.3. The van der Waals surface area contributed by atoms with Crippen LogP contribution in [0.2, 0.25) is 0 Å². The van der Waals surface area contributed by atoms with Gasteiger partial charge in [0.25, 0.3) is 0 Å². The second-order valence-corrected chi connectivity index (χ2v) is 4.62. The molecular weight excluding hydrogens is 232 g/mol. The van der Waals surface area contributed by atoms with Gasteiger partial charge in [0.2, 0.25) is 0 Å². The zero-order chi connectivity index (χ0) is 12.4. The summed E-state index contributed by atoms with van der Waals surface area (Å²) in [5.74, 6) is 2.10. The van der Waals surface area contributed by atoms with E-state index in [9.17, 15) is 0 Å². The lowest BCUT2D eigenvalue weighted by Gasteiger charge is -2.29. The number of aromatic nitrogens is 5. The van der Waals surface area contributed by atoms with Gasteiger partial charge in [0.15, 0.2) is 11.7 Å². The summed E-state index contributed by atoms with van der Waals surface area (Å²) < 4.78 is 5.36. The monoisotopic (exact) mass is 248 g/mol. The molecule has 0 saturated carbocycles. The van der Waals surface area contributed by atoms with Crippen molar-refractivity contribution in [3.05, 3.63) is 24.2 Å². The molecule has 1 saturated heterocycles. The second-order valence-electron chi connectivity index (χ2n) is 4.62. The van der Waals surface area contributed by atoms with Crippen LogP contribution in [0.1, 0.15) is 30.5 Å². The van der Waals surface area contributed by atoms with Crippen molar-refractivity contribution in [2.45, 2.75) is 25.3 Å². The van der Waals surface area contributed by atoms with Crippen LogP contribution < -0.4 is 0 Å². The number of nitrogens with zero attached hydrogens (tertiary/aromatic N) is 6. The Morgan fingerprint density at radius 1 is 1.39 bits per heavy atom. The lowest BCUT2D eigenvalue weighted by Crippen LogP contribution is -2.33. The summed E-state index contributed by atoms with van der Waals surface area (Å²) in [6.07, 6.45) is 5.50. The highest BCUT2D eigenvalue weighted by Gasteiger charge is 2.24. The average Bonchev–Trinajstić information content (AvgIpc) is 3.02. The third-order valence-corrected chi connectivity index (χ3v) is 3.30. The lowest BCUT2D eigenvalue weighted by molar-refractivity contribution is 0.189. The highest BCUT2D eigenvalue weighted by atomic mass is 16.3. The first-order valence-electron chi connectivity index (χ1n) is 6.16. The number of rotatable bonds is 3. The zero-order valence-corrected chi connectivity index (χ0v) is 10.4. The Labute approximate surface area is 105 Å². The smallest absolute Gasteiger partial charge is 0.197 e. The van der Waals surface area contributed by atoms with Crippen molar-refractivity contribution in [3.63, 3.8) is 0 Å². The maximum absolute atomic E-state index is 5.36. The molecule has 0 unspecified atom stereocenters. The number of hydrogen-bond acceptors (Lipinski definition) is 6. The molecular formula is C11H16N6O. The third kappa shape index (κ3) is 2.40. The van der Waals surface area contributed by atoms with Gasteiger partial charge in [-0.2, -0.15) is 4.80 Å². The molecule has 0 bridgehead atoms. The summed E-state index contributed by atoms with van der Waals surface area (Å²) in [6.45, 7) is 2.81. The van der Waals surface area contributed by atoms with Crippen molar-refractivity contribution in [2.75, 3.05) is 13.1 Å². The molecule has 0 aromatic carbocycles. The van der Waals surface area contributed by atoms with Crippen LogP contribution in [0.5, 0.6) is 0 Å². The molecule has 18 heavy (non-hydrogen) atoms. The van der Waals surface area contributed by atoms with E-state index in [1.165, 1.54) is 4.80 Å². The fraction of sp³-hybridized carbons (Fsp3) is 0.636.